The van der Waals surface area contributed by atoms with Crippen LogP contribution in [0, 0.1) is 6.92 Å². The normalized spacial score (nSPS) is 10.6. The van der Waals surface area contributed by atoms with E-state index in [1.54, 1.807) is 12.1 Å². The molecule has 112 valence electrons. The van der Waals surface area contributed by atoms with E-state index in [1.807, 2.05) is 26.8 Å². The summed E-state index contributed by atoms with van der Waals surface area (Å²) in [5.74, 6) is -0.0171. The number of nitrogens with one attached hydrogen (secondary N) is 1. The number of pyridine rings is 1. The highest BCUT2D eigenvalue weighted by Crippen LogP contribution is 2.17. The molecule has 3 N–H and O–H groups in total. The summed E-state index contributed by atoms with van der Waals surface area (Å²) >= 11 is 0. The molecule has 2 aromatic rings. The summed E-state index contributed by atoms with van der Waals surface area (Å²) in [6.45, 7) is 5.96. The number of hydrogen-bond acceptors (Lipinski definition) is 4. The van der Waals surface area contributed by atoms with E-state index in [9.17, 15) is 4.79 Å². The fourth-order valence-corrected chi connectivity index (χ4v) is 1.53. The summed E-state index contributed by atoms with van der Waals surface area (Å²) in [5, 5.41) is 2.73. The number of aryl methyl sites for hydroxylation is 1. The Bertz CT molecular complexity index is 591. The second-order valence-corrected chi connectivity index (χ2v) is 5.12. The smallest absolute Gasteiger partial charge is 0.287 e. The maximum Gasteiger partial charge on any atom is 0.287 e. The standard InChI is InChI=1S/C13H17N3O2.2ClH/c1-8-4-5-10-9(16-8)6-11(18-10)12(17)15-7-13(2,3)14;;/h4-6H,7,14H2,1-3H3,(H,15,17);2*1H. The van der Waals surface area contributed by atoms with Crippen LogP contribution in [0.3, 0.4) is 0 Å². The van der Waals surface area contributed by atoms with Crippen LogP contribution < -0.4 is 11.1 Å². The van der Waals surface area contributed by atoms with Gasteiger partial charge in [-0.05, 0) is 32.9 Å². The third-order valence-corrected chi connectivity index (χ3v) is 2.44. The van der Waals surface area contributed by atoms with Crippen molar-refractivity contribution in [2.75, 3.05) is 6.54 Å². The first-order valence-electron chi connectivity index (χ1n) is 5.79. The molecule has 0 aliphatic rings. The highest BCUT2D eigenvalue weighted by atomic mass is 35.5. The first-order valence-corrected chi connectivity index (χ1v) is 5.79. The Morgan fingerprint density at radius 1 is 1.40 bits per heavy atom. The molecule has 2 rings (SSSR count). The molecule has 2 aromatic heterocycles. The quantitative estimate of drug-likeness (QED) is 0.910. The molecule has 0 unspecified atom stereocenters. The van der Waals surface area contributed by atoms with E-state index in [0.717, 1.165) is 5.69 Å². The molecule has 0 radical (unpaired) electrons. The van der Waals surface area contributed by atoms with Gasteiger partial charge in [0, 0.05) is 23.8 Å². The highest BCUT2D eigenvalue weighted by Gasteiger charge is 2.16. The second kappa shape index (κ2) is 6.92. The van der Waals surface area contributed by atoms with Gasteiger partial charge >= 0.3 is 0 Å². The summed E-state index contributed by atoms with van der Waals surface area (Å²) in [6, 6.07) is 5.29. The number of aromatic nitrogens is 1. The Balaban J connectivity index is 0.00000180. The van der Waals surface area contributed by atoms with Gasteiger partial charge in [0.05, 0.1) is 0 Å². The number of fused-ring (bicyclic) bond motifs is 1. The molecule has 20 heavy (non-hydrogen) atoms. The zero-order valence-corrected chi connectivity index (χ0v) is 13.2. The number of nitrogens with two attached hydrogens (primary N) is 1. The Morgan fingerprint density at radius 2 is 2.05 bits per heavy atom. The van der Waals surface area contributed by atoms with Crippen LogP contribution in [0.5, 0.6) is 0 Å². The molecule has 1 amide bonds. The lowest BCUT2D eigenvalue weighted by Gasteiger charge is -2.18. The number of nitrogens with zero attached hydrogens (tertiary/aromatic N) is 1. The van der Waals surface area contributed by atoms with E-state index < -0.39 is 5.54 Å². The van der Waals surface area contributed by atoms with Crippen LogP contribution in [0.1, 0.15) is 30.1 Å². The van der Waals surface area contributed by atoms with Crippen LogP contribution in [0.2, 0.25) is 0 Å². The average molecular weight is 320 g/mol. The summed E-state index contributed by atoms with van der Waals surface area (Å²) < 4.78 is 5.43. The minimum absolute atomic E-state index is 0. The average Bonchev–Trinajstić information content (AvgIpc) is 2.67. The predicted octanol–water partition coefficient (Wildman–Crippen LogP) is 2.45. The lowest BCUT2D eigenvalue weighted by Crippen LogP contribution is -2.45. The molecule has 0 fully saturated rings. The minimum atomic E-state index is -0.448. The van der Waals surface area contributed by atoms with Gasteiger partial charge in [0.25, 0.3) is 5.91 Å². The molecule has 5 nitrogen and oxygen atoms in total. The first-order chi connectivity index (χ1) is 8.35. The third kappa shape index (κ3) is 4.67. The highest BCUT2D eigenvalue weighted by molar-refractivity contribution is 5.95. The number of carbonyl (C=O) groups is 1. The maximum atomic E-state index is 11.9. The molecule has 7 heteroatoms. The lowest BCUT2D eigenvalue weighted by atomic mass is 10.1. The molecule has 0 saturated carbocycles. The second-order valence-electron chi connectivity index (χ2n) is 5.12. The van der Waals surface area contributed by atoms with Gasteiger partial charge in [0.15, 0.2) is 11.3 Å². The molecule has 0 aromatic carbocycles. The van der Waals surface area contributed by atoms with Crippen LogP contribution in [0.15, 0.2) is 22.6 Å². The van der Waals surface area contributed by atoms with Crippen molar-refractivity contribution in [1.82, 2.24) is 10.3 Å². The van der Waals surface area contributed by atoms with Gasteiger partial charge in [0.2, 0.25) is 0 Å². The summed E-state index contributed by atoms with van der Waals surface area (Å²) in [7, 11) is 0. The fourth-order valence-electron chi connectivity index (χ4n) is 1.53. The van der Waals surface area contributed by atoms with Crippen LogP contribution in [-0.4, -0.2) is 23.0 Å². The van der Waals surface area contributed by atoms with Crippen LogP contribution in [0.4, 0.5) is 0 Å². The maximum absolute atomic E-state index is 11.9. The summed E-state index contributed by atoms with van der Waals surface area (Å²) in [4.78, 5) is 16.1. The molecule has 0 aliphatic carbocycles. The van der Waals surface area contributed by atoms with Crippen molar-refractivity contribution in [3.8, 4) is 0 Å². The van der Waals surface area contributed by atoms with Gasteiger partial charge in [-0.1, -0.05) is 0 Å². The van der Waals surface area contributed by atoms with E-state index in [1.165, 1.54) is 0 Å². The molecule has 0 saturated heterocycles. The lowest BCUT2D eigenvalue weighted by molar-refractivity contribution is 0.0920. The zero-order valence-electron chi connectivity index (χ0n) is 11.6. The van der Waals surface area contributed by atoms with E-state index >= 15 is 0 Å². The largest absolute Gasteiger partial charge is 0.449 e. The van der Waals surface area contributed by atoms with Gasteiger partial charge in [-0.15, -0.1) is 24.8 Å². The molecule has 2 heterocycles. The van der Waals surface area contributed by atoms with Crippen LogP contribution in [0.25, 0.3) is 11.1 Å². The monoisotopic (exact) mass is 319 g/mol. The summed E-state index contributed by atoms with van der Waals surface area (Å²) in [5.41, 5.74) is 7.53. The minimum Gasteiger partial charge on any atom is -0.449 e. The number of halogens is 2. The van der Waals surface area contributed by atoms with Crippen molar-refractivity contribution >= 4 is 41.8 Å². The molecule has 0 atom stereocenters. The molecule has 0 spiro atoms. The van der Waals surface area contributed by atoms with Crippen molar-refractivity contribution in [3.63, 3.8) is 0 Å². The number of carbonyl (C=O) groups excluding carboxylic acids is 1. The van der Waals surface area contributed by atoms with Crippen molar-refractivity contribution in [2.24, 2.45) is 5.73 Å². The molecule has 0 bridgehead atoms. The Morgan fingerprint density at radius 3 is 2.65 bits per heavy atom. The van der Waals surface area contributed by atoms with E-state index in [0.29, 0.717) is 17.6 Å². The topological polar surface area (TPSA) is 81.2 Å². The number of furan rings is 1. The van der Waals surface area contributed by atoms with E-state index in [-0.39, 0.29) is 36.5 Å². The fraction of sp³-hybridized carbons (Fsp3) is 0.385. The number of hydrogen-bond donors (Lipinski definition) is 2. The van der Waals surface area contributed by atoms with Crippen molar-refractivity contribution in [3.05, 3.63) is 29.7 Å². The number of amides is 1. The Labute approximate surface area is 130 Å². The third-order valence-electron chi connectivity index (χ3n) is 2.44. The molecular formula is C13H19Cl2N3O2. The van der Waals surface area contributed by atoms with Crippen molar-refractivity contribution < 1.29 is 9.21 Å². The Hall–Kier alpha value is -1.30. The zero-order chi connectivity index (χ0) is 13.3. The van der Waals surface area contributed by atoms with Crippen LogP contribution >= 0.6 is 24.8 Å². The van der Waals surface area contributed by atoms with Gasteiger partial charge in [0.1, 0.15) is 5.52 Å². The first kappa shape index (κ1) is 18.7. The summed E-state index contributed by atoms with van der Waals surface area (Å²) in [6.07, 6.45) is 0. The molecular weight excluding hydrogens is 301 g/mol. The molecule has 0 aliphatic heterocycles. The Kier molecular flexibility index (Phi) is 6.47. The predicted molar refractivity (Wildman–Crippen MR) is 83.8 cm³/mol. The van der Waals surface area contributed by atoms with Gasteiger partial charge in [-0.3, -0.25) is 4.79 Å². The SMILES string of the molecule is Cc1ccc2oc(C(=O)NCC(C)(C)N)cc2n1.Cl.Cl. The van der Waals surface area contributed by atoms with Gasteiger partial charge in [-0.25, -0.2) is 4.98 Å². The van der Waals surface area contributed by atoms with Crippen LogP contribution in [-0.2, 0) is 0 Å². The van der Waals surface area contributed by atoms with E-state index in [2.05, 4.69) is 10.3 Å². The van der Waals surface area contributed by atoms with Gasteiger partial charge in [-0.2, -0.15) is 0 Å². The number of rotatable bonds is 3. The van der Waals surface area contributed by atoms with Crippen molar-refractivity contribution in [2.45, 2.75) is 26.3 Å². The van der Waals surface area contributed by atoms with Gasteiger partial charge < -0.3 is 15.5 Å². The van der Waals surface area contributed by atoms with E-state index in [4.69, 9.17) is 10.2 Å². The van der Waals surface area contributed by atoms with Crippen molar-refractivity contribution in [1.29, 1.82) is 0 Å².